The number of ketones is 1. The summed E-state index contributed by atoms with van der Waals surface area (Å²) in [5.41, 5.74) is 0.633. The Hall–Kier alpha value is -2.95. The molecular formula is C26H19ClOP+. The predicted molar refractivity (Wildman–Crippen MR) is 126 cm³/mol. The van der Waals surface area contributed by atoms with Gasteiger partial charge in [0.1, 0.15) is 12.2 Å². The number of carbonyl (C=O) groups is 1. The van der Waals surface area contributed by atoms with E-state index >= 15 is 0 Å². The SMILES string of the molecule is O=C(C=P(C1=CC=[C+]C=C1)(c1ccccc1)c1ccccc1)c1ccc(Cl)cc1. The molecule has 3 heteroatoms. The quantitative estimate of drug-likeness (QED) is 0.293. The Kier molecular flexibility index (Phi) is 5.74. The molecule has 0 radical (unpaired) electrons. The molecule has 0 heterocycles. The summed E-state index contributed by atoms with van der Waals surface area (Å²) in [6.45, 7) is -2.31. The van der Waals surface area contributed by atoms with Gasteiger partial charge in [0.05, 0.1) is 17.5 Å². The molecule has 29 heavy (non-hydrogen) atoms. The molecule has 0 saturated carbocycles. The maximum atomic E-state index is 13.4. The van der Waals surface area contributed by atoms with Crippen molar-refractivity contribution < 1.29 is 4.79 Å². The van der Waals surface area contributed by atoms with Crippen molar-refractivity contribution in [1.82, 2.24) is 0 Å². The molecule has 0 aliphatic heterocycles. The van der Waals surface area contributed by atoms with E-state index in [9.17, 15) is 4.79 Å². The van der Waals surface area contributed by atoms with E-state index in [0.29, 0.717) is 10.6 Å². The zero-order valence-electron chi connectivity index (χ0n) is 15.7. The summed E-state index contributed by atoms with van der Waals surface area (Å²) >= 11 is 6.02. The van der Waals surface area contributed by atoms with Crippen LogP contribution in [0.25, 0.3) is 0 Å². The normalized spacial score (nSPS) is 12.8. The summed E-state index contributed by atoms with van der Waals surface area (Å²) in [6, 6.07) is 27.7. The fourth-order valence-electron chi connectivity index (χ4n) is 3.47. The summed E-state index contributed by atoms with van der Waals surface area (Å²) in [5, 5.41) is 4.02. The van der Waals surface area contributed by atoms with E-state index in [1.54, 1.807) is 24.3 Å². The summed E-state index contributed by atoms with van der Waals surface area (Å²) in [7, 11) is 0. The highest BCUT2D eigenvalue weighted by Crippen LogP contribution is 2.54. The Labute approximate surface area is 176 Å². The van der Waals surface area contributed by atoms with Crippen LogP contribution in [0.3, 0.4) is 0 Å². The summed E-state index contributed by atoms with van der Waals surface area (Å²) in [5.74, 6) is 1.92. The van der Waals surface area contributed by atoms with Crippen molar-refractivity contribution >= 4 is 40.7 Å². The number of hydrogen-bond donors (Lipinski definition) is 0. The molecular weight excluding hydrogens is 395 g/mol. The van der Waals surface area contributed by atoms with Crippen LogP contribution in [0.5, 0.6) is 0 Å². The Bertz CT molecular complexity index is 1110. The first kappa shape index (κ1) is 19.4. The van der Waals surface area contributed by atoms with Gasteiger partial charge in [-0.15, -0.1) is 0 Å². The Morgan fingerprint density at radius 2 is 1.41 bits per heavy atom. The van der Waals surface area contributed by atoms with E-state index in [-0.39, 0.29) is 5.78 Å². The van der Waals surface area contributed by atoms with Crippen molar-refractivity contribution in [1.29, 1.82) is 0 Å². The topological polar surface area (TPSA) is 17.1 Å². The number of Topliss-reactive ketones (excluding diaryl/α,β-unsaturated/α-hetero) is 1. The third kappa shape index (κ3) is 3.95. The zero-order valence-corrected chi connectivity index (χ0v) is 17.4. The molecule has 3 aromatic carbocycles. The fraction of sp³-hybridized carbons (Fsp3) is 0. The Morgan fingerprint density at radius 3 is 1.93 bits per heavy atom. The van der Waals surface area contributed by atoms with E-state index in [2.05, 4.69) is 42.5 Å². The largest absolute Gasteiger partial charge is 0.289 e. The molecule has 0 atom stereocenters. The molecule has 0 spiro atoms. The maximum Gasteiger partial charge on any atom is 0.186 e. The van der Waals surface area contributed by atoms with Gasteiger partial charge in [-0.25, -0.2) is 0 Å². The number of hydrogen-bond acceptors (Lipinski definition) is 1. The van der Waals surface area contributed by atoms with Gasteiger partial charge in [0.15, 0.2) is 5.78 Å². The molecule has 4 rings (SSSR count). The first-order valence-electron chi connectivity index (χ1n) is 9.32. The van der Waals surface area contributed by atoms with Gasteiger partial charge in [0.2, 0.25) is 0 Å². The van der Waals surface area contributed by atoms with Gasteiger partial charge in [-0.1, -0.05) is 72.3 Å². The molecule has 140 valence electrons. The second-order valence-corrected chi connectivity index (χ2v) is 10.3. The Morgan fingerprint density at radius 1 is 0.828 bits per heavy atom. The van der Waals surface area contributed by atoms with E-state index in [4.69, 9.17) is 11.6 Å². The van der Waals surface area contributed by atoms with E-state index in [1.165, 1.54) is 0 Å². The van der Waals surface area contributed by atoms with Crippen molar-refractivity contribution in [2.75, 3.05) is 0 Å². The molecule has 1 nitrogen and oxygen atoms in total. The van der Waals surface area contributed by atoms with Gasteiger partial charge in [0.25, 0.3) is 0 Å². The van der Waals surface area contributed by atoms with Crippen LogP contribution in [0.2, 0.25) is 5.02 Å². The van der Waals surface area contributed by atoms with Crippen molar-refractivity contribution in [3.63, 3.8) is 0 Å². The molecule has 0 bridgehead atoms. The summed E-state index contributed by atoms with van der Waals surface area (Å²) in [4.78, 5) is 13.4. The van der Waals surface area contributed by atoms with Crippen molar-refractivity contribution in [3.05, 3.63) is 131 Å². The van der Waals surface area contributed by atoms with Crippen LogP contribution < -0.4 is 10.6 Å². The molecule has 3 aromatic rings. The third-order valence-corrected chi connectivity index (χ3v) is 9.09. The monoisotopic (exact) mass is 413 g/mol. The number of allylic oxidation sites excluding steroid dienone is 6. The van der Waals surface area contributed by atoms with Gasteiger partial charge in [-0.05, 0) is 40.7 Å². The predicted octanol–water partition coefficient (Wildman–Crippen LogP) is 5.81. The average Bonchev–Trinajstić information content (AvgIpc) is 2.79. The minimum Gasteiger partial charge on any atom is -0.289 e. The lowest BCUT2D eigenvalue weighted by Crippen LogP contribution is -2.22. The number of rotatable bonds is 5. The number of halogens is 1. The number of benzene rings is 3. The molecule has 0 aromatic heterocycles. The van der Waals surface area contributed by atoms with E-state index in [1.807, 2.05) is 54.3 Å². The number of carbonyl (C=O) groups excluding carboxylic acids is 1. The maximum absolute atomic E-state index is 13.4. The van der Waals surface area contributed by atoms with Crippen LogP contribution >= 0.6 is 18.5 Å². The third-order valence-electron chi connectivity index (χ3n) is 4.87. The van der Waals surface area contributed by atoms with Gasteiger partial charge in [-0.2, -0.15) is 0 Å². The van der Waals surface area contributed by atoms with Crippen LogP contribution in [0.4, 0.5) is 0 Å². The Balaban J connectivity index is 2.03. The van der Waals surface area contributed by atoms with Crippen LogP contribution in [0.1, 0.15) is 10.4 Å². The summed E-state index contributed by atoms with van der Waals surface area (Å²) in [6.07, 6.45) is 11.1. The van der Waals surface area contributed by atoms with Crippen LogP contribution in [0, 0.1) is 6.08 Å². The lowest BCUT2D eigenvalue weighted by Gasteiger charge is -2.26. The first-order chi connectivity index (χ1) is 14.2. The molecule has 0 fully saturated rings. The second kappa shape index (κ2) is 8.60. The molecule has 0 saturated heterocycles. The molecule has 0 amide bonds. The average molecular weight is 414 g/mol. The van der Waals surface area contributed by atoms with Crippen LogP contribution in [-0.2, 0) is 0 Å². The fourth-order valence-corrected chi connectivity index (χ4v) is 7.35. The van der Waals surface area contributed by atoms with Gasteiger partial charge in [-0.3, -0.25) is 4.79 Å². The smallest absolute Gasteiger partial charge is 0.186 e. The molecule has 0 unspecified atom stereocenters. The molecule has 1 aliphatic rings. The van der Waals surface area contributed by atoms with Gasteiger partial charge < -0.3 is 0 Å². The van der Waals surface area contributed by atoms with Crippen molar-refractivity contribution in [2.24, 2.45) is 0 Å². The first-order valence-corrected chi connectivity index (χ1v) is 11.6. The highest BCUT2D eigenvalue weighted by atomic mass is 35.5. The highest BCUT2D eigenvalue weighted by Gasteiger charge is 2.31. The summed E-state index contributed by atoms with van der Waals surface area (Å²) < 4.78 is 0. The lowest BCUT2D eigenvalue weighted by molar-refractivity contribution is 0.107. The van der Waals surface area contributed by atoms with Crippen molar-refractivity contribution in [3.8, 4) is 0 Å². The van der Waals surface area contributed by atoms with Crippen LogP contribution in [-0.4, -0.2) is 11.6 Å². The second-order valence-electron chi connectivity index (χ2n) is 6.65. The highest BCUT2D eigenvalue weighted by molar-refractivity contribution is 7.93. The minimum absolute atomic E-state index is 0.00413. The minimum atomic E-state index is -2.31. The molecule has 1 aliphatic carbocycles. The van der Waals surface area contributed by atoms with Gasteiger partial charge >= 0.3 is 0 Å². The van der Waals surface area contributed by atoms with Crippen LogP contribution in [0.15, 0.2) is 115 Å². The van der Waals surface area contributed by atoms with Gasteiger partial charge in [0, 0.05) is 23.5 Å². The van der Waals surface area contributed by atoms with Crippen molar-refractivity contribution in [2.45, 2.75) is 0 Å². The van der Waals surface area contributed by atoms with E-state index < -0.39 is 6.89 Å². The van der Waals surface area contributed by atoms with E-state index in [0.717, 1.165) is 15.9 Å². The molecule has 0 N–H and O–H groups in total. The standard InChI is InChI=1S/C26H19ClOP/c27-22-18-16-21(17-19-22)26(28)20-29(23-10-4-1-5-11-23,24-12-6-2-7-13-24)25-14-8-3-9-15-25/h1-2,4-20H/q+1. The lowest BCUT2D eigenvalue weighted by atomic mass is 10.2. The zero-order chi connectivity index (χ0) is 20.1.